The Balaban J connectivity index is 1.27. The molecule has 3 heterocycles. The van der Waals surface area contributed by atoms with Gasteiger partial charge < -0.3 is 10.1 Å². The van der Waals surface area contributed by atoms with Crippen LogP contribution in [0.4, 0.5) is 0 Å². The predicted molar refractivity (Wildman–Crippen MR) is 131 cm³/mol. The number of ether oxygens (including phenoxy) is 1. The van der Waals surface area contributed by atoms with Crippen molar-refractivity contribution in [1.29, 1.82) is 0 Å². The molecule has 2 aromatic heterocycles. The molecule has 0 saturated carbocycles. The first kappa shape index (κ1) is 22.1. The zero-order valence-electron chi connectivity index (χ0n) is 20.0. The number of hydrogen-bond acceptors (Lipinski definition) is 5. The van der Waals surface area contributed by atoms with E-state index in [0.717, 1.165) is 49.6 Å². The normalized spacial score (nSPS) is 21.0. The third-order valence-corrected chi connectivity index (χ3v) is 7.13. The van der Waals surface area contributed by atoms with Gasteiger partial charge in [0.05, 0.1) is 24.7 Å². The summed E-state index contributed by atoms with van der Waals surface area (Å²) in [4.78, 5) is 7.02. The first-order valence-electron chi connectivity index (χ1n) is 12.1. The first-order chi connectivity index (χ1) is 16.0. The number of piperidine rings is 1. The van der Waals surface area contributed by atoms with Crippen LogP contribution in [0.5, 0.6) is 5.75 Å². The summed E-state index contributed by atoms with van der Waals surface area (Å²) in [6.07, 6.45) is 8.50. The second-order valence-corrected chi connectivity index (χ2v) is 10.3. The third-order valence-electron chi connectivity index (χ3n) is 7.13. The molecule has 1 aliphatic carbocycles. The van der Waals surface area contributed by atoms with Crippen LogP contribution in [-0.4, -0.2) is 45.9 Å². The van der Waals surface area contributed by atoms with Crippen molar-refractivity contribution in [3.63, 3.8) is 0 Å². The maximum atomic E-state index is 5.33. The minimum atomic E-state index is 0.231. The second kappa shape index (κ2) is 9.27. The van der Waals surface area contributed by atoms with E-state index in [4.69, 9.17) is 9.84 Å². The van der Waals surface area contributed by atoms with Crippen LogP contribution in [0.1, 0.15) is 56.1 Å². The summed E-state index contributed by atoms with van der Waals surface area (Å²) in [6.45, 7) is 7.93. The van der Waals surface area contributed by atoms with Crippen LogP contribution in [0.15, 0.2) is 54.9 Å². The number of pyridine rings is 1. The highest BCUT2D eigenvalue weighted by atomic mass is 16.5. The highest BCUT2D eigenvalue weighted by Crippen LogP contribution is 2.42. The lowest BCUT2D eigenvalue weighted by molar-refractivity contribution is 0.167. The molecule has 2 aliphatic rings. The first-order valence-corrected chi connectivity index (χ1v) is 12.1. The van der Waals surface area contributed by atoms with Crippen molar-refractivity contribution in [1.82, 2.24) is 25.0 Å². The molecule has 0 bridgehead atoms. The van der Waals surface area contributed by atoms with Gasteiger partial charge >= 0.3 is 0 Å². The molecule has 1 N–H and O–H groups in total. The molecular weight excluding hydrogens is 410 g/mol. The van der Waals surface area contributed by atoms with Gasteiger partial charge in [-0.15, -0.1) is 0 Å². The monoisotopic (exact) mass is 445 g/mol. The van der Waals surface area contributed by atoms with Gasteiger partial charge in [0.1, 0.15) is 5.75 Å². The number of methoxy groups -OCH3 is 1. The Hall–Kier alpha value is -2.70. The Labute approximate surface area is 197 Å². The average Bonchev–Trinajstić information content (AvgIpc) is 3.24. The van der Waals surface area contributed by atoms with Crippen molar-refractivity contribution >= 4 is 0 Å². The number of likely N-dealkylation sites (tertiary alicyclic amines) is 1. The van der Waals surface area contributed by atoms with Crippen LogP contribution in [-0.2, 0) is 13.0 Å². The summed E-state index contributed by atoms with van der Waals surface area (Å²) in [7, 11) is 1.70. The van der Waals surface area contributed by atoms with Crippen LogP contribution in [0.3, 0.4) is 0 Å². The maximum absolute atomic E-state index is 5.33. The number of fused-ring (bicyclic) bond motifs is 1. The van der Waals surface area contributed by atoms with E-state index >= 15 is 0 Å². The fourth-order valence-electron chi connectivity index (χ4n) is 5.40. The quantitative estimate of drug-likeness (QED) is 0.604. The molecular formula is C27H35N5O. The molecule has 0 unspecified atom stereocenters. The Kier molecular flexibility index (Phi) is 6.21. The van der Waals surface area contributed by atoms with Crippen molar-refractivity contribution in [2.24, 2.45) is 5.41 Å². The van der Waals surface area contributed by atoms with Gasteiger partial charge in [0.15, 0.2) is 0 Å². The summed E-state index contributed by atoms with van der Waals surface area (Å²) >= 11 is 0. The van der Waals surface area contributed by atoms with E-state index < -0.39 is 0 Å². The Morgan fingerprint density at radius 3 is 2.58 bits per heavy atom. The van der Waals surface area contributed by atoms with E-state index in [1.807, 2.05) is 24.4 Å². The van der Waals surface area contributed by atoms with E-state index in [-0.39, 0.29) is 5.41 Å². The van der Waals surface area contributed by atoms with Gasteiger partial charge in [-0.1, -0.05) is 19.9 Å². The maximum Gasteiger partial charge on any atom is 0.119 e. The largest absolute Gasteiger partial charge is 0.497 e. The fourth-order valence-corrected chi connectivity index (χ4v) is 5.40. The van der Waals surface area contributed by atoms with Crippen molar-refractivity contribution < 1.29 is 4.74 Å². The highest BCUT2D eigenvalue weighted by molar-refractivity contribution is 5.41. The number of rotatable bonds is 6. The van der Waals surface area contributed by atoms with E-state index in [0.29, 0.717) is 12.1 Å². The van der Waals surface area contributed by atoms with E-state index in [1.165, 1.54) is 24.1 Å². The van der Waals surface area contributed by atoms with E-state index in [1.54, 1.807) is 7.11 Å². The van der Waals surface area contributed by atoms with Crippen molar-refractivity contribution in [3.05, 3.63) is 71.8 Å². The fraction of sp³-hybridized carbons (Fsp3) is 0.481. The number of benzene rings is 1. The van der Waals surface area contributed by atoms with Crippen molar-refractivity contribution in [3.8, 4) is 11.4 Å². The zero-order valence-corrected chi connectivity index (χ0v) is 20.0. The molecule has 1 saturated heterocycles. The Morgan fingerprint density at radius 1 is 1.09 bits per heavy atom. The van der Waals surface area contributed by atoms with Gasteiger partial charge in [-0.05, 0) is 67.5 Å². The second-order valence-electron chi connectivity index (χ2n) is 10.3. The molecule has 6 nitrogen and oxygen atoms in total. The molecule has 0 amide bonds. The number of aromatic nitrogens is 3. The topological polar surface area (TPSA) is 55.2 Å². The van der Waals surface area contributed by atoms with Gasteiger partial charge in [0.25, 0.3) is 0 Å². The minimum absolute atomic E-state index is 0.231. The summed E-state index contributed by atoms with van der Waals surface area (Å²) in [6, 6.07) is 15.3. The summed E-state index contributed by atoms with van der Waals surface area (Å²) in [5, 5.41) is 8.83. The molecule has 1 fully saturated rings. The van der Waals surface area contributed by atoms with Gasteiger partial charge in [-0.25, -0.2) is 4.68 Å². The molecule has 6 heteroatoms. The SMILES string of the molecule is COc1ccc(-n2ncc3c2CC(C)(C)C[C@H]3NC2CCN(Cc3ccccn3)CC2)cc1. The Bertz CT molecular complexity index is 1050. The number of nitrogens with zero attached hydrogens (tertiary/aromatic N) is 4. The lowest BCUT2D eigenvalue weighted by atomic mass is 9.74. The van der Waals surface area contributed by atoms with Crippen molar-refractivity contribution in [2.75, 3.05) is 20.2 Å². The van der Waals surface area contributed by atoms with Crippen LogP contribution < -0.4 is 10.1 Å². The van der Waals surface area contributed by atoms with Crippen LogP contribution in [0, 0.1) is 5.41 Å². The standard InChI is InChI=1S/C27H35N5O/c1-27(2)16-25(30-20-11-14-31(15-12-20)19-21-6-4-5-13-28-21)24-18-29-32(26(24)17-27)22-7-9-23(33-3)10-8-22/h4-10,13,18,20,25,30H,11-12,14-17,19H2,1-3H3/t25-/m1/s1. The smallest absolute Gasteiger partial charge is 0.119 e. The Morgan fingerprint density at radius 2 is 1.88 bits per heavy atom. The predicted octanol–water partition coefficient (Wildman–Crippen LogP) is 4.54. The van der Waals surface area contributed by atoms with Gasteiger partial charge in [-0.3, -0.25) is 9.88 Å². The summed E-state index contributed by atoms with van der Waals surface area (Å²) in [5.74, 6) is 0.869. The molecule has 5 rings (SSSR count). The zero-order chi connectivity index (χ0) is 22.8. The molecule has 1 atom stereocenters. The molecule has 1 aliphatic heterocycles. The molecule has 1 aromatic carbocycles. The van der Waals surface area contributed by atoms with E-state index in [2.05, 4.69) is 64.2 Å². The molecule has 0 spiro atoms. The van der Waals surface area contributed by atoms with Crippen LogP contribution in [0.2, 0.25) is 0 Å². The molecule has 33 heavy (non-hydrogen) atoms. The lowest BCUT2D eigenvalue weighted by Crippen LogP contribution is -2.45. The van der Waals surface area contributed by atoms with E-state index in [9.17, 15) is 0 Å². The van der Waals surface area contributed by atoms with Gasteiger partial charge in [-0.2, -0.15) is 5.10 Å². The van der Waals surface area contributed by atoms with Gasteiger partial charge in [0.2, 0.25) is 0 Å². The summed E-state index contributed by atoms with van der Waals surface area (Å²) < 4.78 is 7.45. The van der Waals surface area contributed by atoms with Gasteiger partial charge in [0, 0.05) is 49.2 Å². The highest BCUT2D eigenvalue weighted by Gasteiger charge is 2.36. The number of nitrogens with one attached hydrogen (secondary N) is 1. The van der Waals surface area contributed by atoms with Crippen LogP contribution in [0.25, 0.3) is 5.69 Å². The molecule has 0 radical (unpaired) electrons. The summed E-state index contributed by atoms with van der Waals surface area (Å²) in [5.41, 5.74) is 5.18. The average molecular weight is 446 g/mol. The molecule has 174 valence electrons. The minimum Gasteiger partial charge on any atom is -0.497 e. The number of hydrogen-bond donors (Lipinski definition) is 1. The lowest BCUT2D eigenvalue weighted by Gasteiger charge is -2.40. The third kappa shape index (κ3) is 4.97. The van der Waals surface area contributed by atoms with Crippen LogP contribution >= 0.6 is 0 Å². The van der Waals surface area contributed by atoms with Crippen molar-refractivity contribution in [2.45, 2.75) is 58.2 Å². The molecule has 3 aromatic rings.